The minimum absolute atomic E-state index is 0.00513. The molecule has 4 heteroatoms. The Hall–Kier alpha value is -1.16. The quantitative estimate of drug-likeness (QED) is 0.698. The molecule has 1 heterocycles. The van der Waals surface area contributed by atoms with Crippen molar-refractivity contribution in [1.29, 1.82) is 0 Å². The van der Waals surface area contributed by atoms with Gasteiger partial charge in [-0.15, -0.1) is 0 Å². The maximum atomic E-state index is 11.4. The number of hydrogen-bond donors (Lipinski definition) is 1. The summed E-state index contributed by atoms with van der Waals surface area (Å²) in [6.45, 7) is 3.57. The number of nitrogens with one attached hydrogen (secondary N) is 1. The fourth-order valence-electron chi connectivity index (χ4n) is 1.26. The zero-order valence-corrected chi connectivity index (χ0v) is 8.79. The number of aryl methyl sites for hydroxylation is 2. The topological polar surface area (TPSA) is 46.9 Å². The van der Waals surface area contributed by atoms with Crippen LogP contribution in [0.2, 0.25) is 0 Å². The second-order valence-corrected chi connectivity index (χ2v) is 3.40. The van der Waals surface area contributed by atoms with Crippen molar-refractivity contribution in [3.05, 3.63) is 28.2 Å². The first-order valence-electron chi connectivity index (χ1n) is 4.92. The largest absolute Gasteiger partial charge is 0.320 e. The molecule has 0 aliphatic heterocycles. The summed E-state index contributed by atoms with van der Waals surface area (Å²) in [5.74, 6) is 0. The summed E-state index contributed by atoms with van der Waals surface area (Å²) < 4.78 is 1.52. The molecule has 0 aliphatic rings. The fraction of sp³-hybridized carbons (Fsp3) is 0.600. The lowest BCUT2D eigenvalue weighted by Gasteiger charge is -2.03. The van der Waals surface area contributed by atoms with Gasteiger partial charge in [-0.1, -0.05) is 0 Å². The first-order chi connectivity index (χ1) is 6.74. The molecule has 1 rings (SSSR count). The average Bonchev–Trinajstić information content (AvgIpc) is 2.15. The first-order valence-corrected chi connectivity index (χ1v) is 4.92. The lowest BCUT2D eigenvalue weighted by molar-refractivity contribution is 0.523. The predicted molar refractivity (Wildman–Crippen MR) is 56.4 cm³/mol. The van der Waals surface area contributed by atoms with Crippen molar-refractivity contribution < 1.29 is 0 Å². The van der Waals surface area contributed by atoms with E-state index in [9.17, 15) is 4.79 Å². The second kappa shape index (κ2) is 5.54. The Kier molecular flexibility index (Phi) is 4.32. The van der Waals surface area contributed by atoms with E-state index in [1.165, 1.54) is 4.68 Å². The normalized spacial score (nSPS) is 10.4. The molecule has 0 amide bonds. The highest BCUT2D eigenvalue weighted by Gasteiger charge is 1.96. The summed E-state index contributed by atoms with van der Waals surface area (Å²) in [5, 5.41) is 7.13. The Morgan fingerprint density at radius 2 is 2.29 bits per heavy atom. The lowest BCUT2D eigenvalue weighted by atomic mass is 10.3. The molecule has 4 nitrogen and oxygen atoms in total. The number of nitrogens with zero attached hydrogens (tertiary/aromatic N) is 2. The van der Waals surface area contributed by atoms with Gasteiger partial charge < -0.3 is 5.32 Å². The maximum Gasteiger partial charge on any atom is 0.266 e. The molecular weight excluding hydrogens is 178 g/mol. The van der Waals surface area contributed by atoms with Gasteiger partial charge in [-0.05, 0) is 38.9 Å². The van der Waals surface area contributed by atoms with Crippen LogP contribution in [0.1, 0.15) is 18.4 Å². The lowest BCUT2D eigenvalue weighted by Crippen LogP contribution is -2.22. The van der Waals surface area contributed by atoms with Gasteiger partial charge in [0.1, 0.15) is 0 Å². The second-order valence-electron chi connectivity index (χ2n) is 3.40. The van der Waals surface area contributed by atoms with Gasteiger partial charge in [0.25, 0.3) is 5.56 Å². The first kappa shape index (κ1) is 10.9. The average molecular weight is 195 g/mol. The number of hydrogen-bond acceptors (Lipinski definition) is 3. The van der Waals surface area contributed by atoms with Crippen LogP contribution in [-0.4, -0.2) is 23.4 Å². The van der Waals surface area contributed by atoms with E-state index >= 15 is 0 Å². The zero-order valence-electron chi connectivity index (χ0n) is 8.79. The third-order valence-corrected chi connectivity index (χ3v) is 2.05. The van der Waals surface area contributed by atoms with Crippen molar-refractivity contribution in [2.75, 3.05) is 13.6 Å². The van der Waals surface area contributed by atoms with Gasteiger partial charge in [0.05, 0.1) is 6.20 Å². The Labute approximate surface area is 84.0 Å². The van der Waals surface area contributed by atoms with Crippen molar-refractivity contribution >= 4 is 0 Å². The van der Waals surface area contributed by atoms with Crippen LogP contribution >= 0.6 is 0 Å². The molecule has 0 saturated carbocycles. The third-order valence-electron chi connectivity index (χ3n) is 2.05. The molecule has 0 spiro atoms. The van der Waals surface area contributed by atoms with Crippen LogP contribution in [0.5, 0.6) is 0 Å². The van der Waals surface area contributed by atoms with Gasteiger partial charge in [-0.25, -0.2) is 4.68 Å². The molecule has 0 aliphatic carbocycles. The minimum atomic E-state index is -0.00513. The Morgan fingerprint density at radius 1 is 1.50 bits per heavy atom. The summed E-state index contributed by atoms with van der Waals surface area (Å²) in [4.78, 5) is 11.4. The van der Waals surface area contributed by atoms with Crippen molar-refractivity contribution in [2.45, 2.75) is 26.3 Å². The predicted octanol–water partition coefficient (Wildman–Crippen LogP) is 0.551. The third kappa shape index (κ3) is 3.30. The summed E-state index contributed by atoms with van der Waals surface area (Å²) in [6.07, 6.45) is 3.77. The van der Waals surface area contributed by atoms with E-state index in [0.29, 0.717) is 6.54 Å². The van der Waals surface area contributed by atoms with E-state index in [1.54, 1.807) is 12.3 Å². The SMILES string of the molecule is CNCCCCn1ncc(C)cc1=O. The van der Waals surface area contributed by atoms with Crippen LogP contribution in [-0.2, 0) is 6.54 Å². The molecule has 0 bridgehead atoms. The van der Waals surface area contributed by atoms with Gasteiger partial charge in [-0.3, -0.25) is 4.79 Å². The maximum absolute atomic E-state index is 11.4. The molecule has 0 aromatic carbocycles. The van der Waals surface area contributed by atoms with E-state index in [2.05, 4.69) is 10.4 Å². The van der Waals surface area contributed by atoms with E-state index in [-0.39, 0.29) is 5.56 Å². The summed E-state index contributed by atoms with van der Waals surface area (Å²) in [5.41, 5.74) is 0.913. The smallest absolute Gasteiger partial charge is 0.266 e. The van der Waals surface area contributed by atoms with Crippen molar-refractivity contribution in [3.8, 4) is 0 Å². The van der Waals surface area contributed by atoms with Gasteiger partial charge in [-0.2, -0.15) is 5.10 Å². The molecule has 78 valence electrons. The molecule has 0 fully saturated rings. The molecular formula is C10H17N3O. The highest BCUT2D eigenvalue weighted by molar-refractivity contribution is 5.02. The van der Waals surface area contributed by atoms with Crippen LogP contribution < -0.4 is 10.9 Å². The molecule has 1 N–H and O–H groups in total. The van der Waals surface area contributed by atoms with Crippen LogP contribution in [0.25, 0.3) is 0 Å². The Morgan fingerprint density at radius 3 is 2.93 bits per heavy atom. The van der Waals surface area contributed by atoms with Crippen molar-refractivity contribution in [3.63, 3.8) is 0 Å². The van der Waals surface area contributed by atoms with E-state index in [4.69, 9.17) is 0 Å². The monoisotopic (exact) mass is 195 g/mol. The molecule has 14 heavy (non-hydrogen) atoms. The van der Waals surface area contributed by atoms with Crippen molar-refractivity contribution in [1.82, 2.24) is 15.1 Å². The van der Waals surface area contributed by atoms with Crippen LogP contribution in [0.15, 0.2) is 17.1 Å². The summed E-state index contributed by atoms with van der Waals surface area (Å²) in [6, 6.07) is 1.62. The van der Waals surface area contributed by atoms with E-state index < -0.39 is 0 Å². The number of aromatic nitrogens is 2. The molecule has 0 unspecified atom stereocenters. The van der Waals surface area contributed by atoms with Gasteiger partial charge in [0.15, 0.2) is 0 Å². The Balaban J connectivity index is 2.47. The molecule has 0 saturated heterocycles. The van der Waals surface area contributed by atoms with Gasteiger partial charge in [0.2, 0.25) is 0 Å². The van der Waals surface area contributed by atoms with E-state index in [0.717, 1.165) is 24.9 Å². The van der Waals surface area contributed by atoms with Gasteiger partial charge in [0, 0.05) is 12.6 Å². The molecule has 0 radical (unpaired) electrons. The fourth-order valence-corrected chi connectivity index (χ4v) is 1.26. The minimum Gasteiger partial charge on any atom is -0.320 e. The van der Waals surface area contributed by atoms with Crippen LogP contribution in [0, 0.1) is 6.92 Å². The highest BCUT2D eigenvalue weighted by atomic mass is 16.1. The summed E-state index contributed by atoms with van der Waals surface area (Å²) in [7, 11) is 1.93. The number of rotatable bonds is 5. The number of unbranched alkanes of at least 4 members (excludes halogenated alkanes) is 1. The van der Waals surface area contributed by atoms with Crippen LogP contribution in [0.3, 0.4) is 0 Å². The zero-order chi connectivity index (χ0) is 10.4. The highest BCUT2D eigenvalue weighted by Crippen LogP contribution is 1.91. The Bertz CT molecular complexity index is 332. The summed E-state index contributed by atoms with van der Waals surface area (Å²) >= 11 is 0. The van der Waals surface area contributed by atoms with Crippen LogP contribution in [0.4, 0.5) is 0 Å². The van der Waals surface area contributed by atoms with Crippen molar-refractivity contribution in [2.24, 2.45) is 0 Å². The standard InChI is InChI=1S/C10H17N3O/c1-9-7-10(14)13(12-8-9)6-4-3-5-11-2/h7-8,11H,3-6H2,1-2H3. The van der Waals surface area contributed by atoms with Gasteiger partial charge >= 0.3 is 0 Å². The van der Waals surface area contributed by atoms with E-state index in [1.807, 2.05) is 14.0 Å². The molecule has 1 aromatic rings. The molecule has 0 atom stereocenters. The molecule has 1 aromatic heterocycles.